The van der Waals surface area contributed by atoms with Crippen molar-refractivity contribution in [1.82, 2.24) is 10.3 Å². The monoisotopic (exact) mass is 275 g/mol. The average molecular weight is 275 g/mol. The second-order valence-corrected chi connectivity index (χ2v) is 5.83. The number of nitrogens with one attached hydrogen (secondary N) is 2. The van der Waals surface area contributed by atoms with Gasteiger partial charge in [-0.25, -0.2) is 0 Å². The molecule has 0 spiro atoms. The van der Waals surface area contributed by atoms with E-state index in [1.165, 1.54) is 0 Å². The number of hydrogen-bond donors (Lipinski definition) is 4. The van der Waals surface area contributed by atoms with Crippen LogP contribution in [0.25, 0.3) is 10.9 Å². The summed E-state index contributed by atoms with van der Waals surface area (Å²) in [4.78, 5) is 15.3. The molecule has 0 unspecified atom stereocenters. The number of benzene rings is 1. The highest BCUT2D eigenvalue weighted by Crippen LogP contribution is 2.22. The van der Waals surface area contributed by atoms with Crippen molar-refractivity contribution >= 4 is 22.5 Å². The number of nitrogen functional groups attached to an aromatic ring is 1. The summed E-state index contributed by atoms with van der Waals surface area (Å²) in [5.41, 5.74) is 7.74. The number of fused-ring (bicyclic) bond motifs is 1. The summed E-state index contributed by atoms with van der Waals surface area (Å²) in [6, 6.07) is 5.45. The Kier molecular flexibility index (Phi) is 3.99. The van der Waals surface area contributed by atoms with E-state index in [9.17, 15) is 4.79 Å². The Morgan fingerprint density at radius 1 is 1.45 bits per heavy atom. The highest BCUT2D eigenvalue weighted by atomic mass is 16.3. The Labute approximate surface area is 118 Å². The van der Waals surface area contributed by atoms with Gasteiger partial charge >= 0.3 is 0 Å². The molecule has 0 aliphatic heterocycles. The normalized spacial score (nSPS) is 11.8. The third-order valence-electron chi connectivity index (χ3n) is 3.47. The second-order valence-electron chi connectivity index (χ2n) is 5.83. The molecular weight excluding hydrogens is 254 g/mol. The lowest BCUT2D eigenvalue weighted by molar-refractivity contribution is 0.0930. The number of aliphatic hydroxyl groups excluding tert-OH is 1. The van der Waals surface area contributed by atoms with Crippen LogP contribution < -0.4 is 11.1 Å². The van der Waals surface area contributed by atoms with Gasteiger partial charge in [0.1, 0.15) is 0 Å². The van der Waals surface area contributed by atoms with Crippen molar-refractivity contribution in [3.8, 4) is 0 Å². The van der Waals surface area contributed by atoms with E-state index in [4.69, 9.17) is 10.8 Å². The minimum Gasteiger partial charge on any atom is -0.399 e. The van der Waals surface area contributed by atoms with Gasteiger partial charge in [-0.2, -0.15) is 0 Å². The first-order valence-electron chi connectivity index (χ1n) is 6.69. The van der Waals surface area contributed by atoms with Crippen LogP contribution in [0.1, 0.15) is 30.6 Å². The molecule has 0 saturated carbocycles. The summed E-state index contributed by atoms with van der Waals surface area (Å²) >= 11 is 0. The van der Waals surface area contributed by atoms with Crippen LogP contribution in [-0.4, -0.2) is 29.1 Å². The number of hydrogen-bond acceptors (Lipinski definition) is 3. The quantitative estimate of drug-likeness (QED) is 0.628. The Morgan fingerprint density at radius 3 is 2.90 bits per heavy atom. The number of amides is 1. The molecule has 0 bridgehead atoms. The number of H-pyrrole nitrogens is 1. The number of carbonyl (C=O) groups excluding carboxylic acids is 1. The van der Waals surface area contributed by atoms with E-state index in [2.05, 4.69) is 10.3 Å². The third kappa shape index (κ3) is 3.11. The van der Waals surface area contributed by atoms with E-state index in [1.54, 1.807) is 18.3 Å². The van der Waals surface area contributed by atoms with Gasteiger partial charge in [-0.05, 0) is 30.0 Å². The molecule has 0 aliphatic rings. The van der Waals surface area contributed by atoms with Crippen LogP contribution in [0.15, 0.2) is 24.4 Å². The van der Waals surface area contributed by atoms with E-state index in [0.717, 1.165) is 10.9 Å². The summed E-state index contributed by atoms with van der Waals surface area (Å²) in [7, 11) is 0. The molecule has 2 rings (SSSR count). The number of aliphatic hydroxyl groups is 1. The van der Waals surface area contributed by atoms with Gasteiger partial charge in [0.2, 0.25) is 0 Å². The van der Waals surface area contributed by atoms with Crippen molar-refractivity contribution in [2.24, 2.45) is 5.41 Å². The highest BCUT2D eigenvalue weighted by Gasteiger charge is 2.19. The van der Waals surface area contributed by atoms with E-state index in [1.807, 2.05) is 19.9 Å². The van der Waals surface area contributed by atoms with E-state index in [0.29, 0.717) is 24.2 Å². The number of rotatable bonds is 5. The van der Waals surface area contributed by atoms with Crippen molar-refractivity contribution in [2.75, 3.05) is 18.9 Å². The molecular formula is C15H21N3O2. The average Bonchev–Trinajstić information content (AvgIpc) is 2.79. The maximum absolute atomic E-state index is 12.2. The number of anilines is 1. The molecule has 5 nitrogen and oxygen atoms in total. The molecule has 1 aromatic carbocycles. The minimum absolute atomic E-state index is 0.118. The molecule has 1 aromatic heterocycles. The zero-order chi connectivity index (χ0) is 14.8. The van der Waals surface area contributed by atoms with Crippen LogP contribution in [-0.2, 0) is 0 Å². The fourth-order valence-electron chi connectivity index (χ4n) is 2.13. The van der Waals surface area contributed by atoms with Crippen LogP contribution >= 0.6 is 0 Å². The summed E-state index contributed by atoms with van der Waals surface area (Å²) in [6.45, 7) is 4.65. The fraction of sp³-hybridized carbons (Fsp3) is 0.400. The maximum atomic E-state index is 12.2. The van der Waals surface area contributed by atoms with Gasteiger partial charge in [0, 0.05) is 35.9 Å². The molecule has 2 aromatic rings. The zero-order valence-electron chi connectivity index (χ0n) is 11.9. The Hall–Kier alpha value is -2.01. The number of carbonyl (C=O) groups is 1. The molecule has 0 aliphatic carbocycles. The van der Waals surface area contributed by atoms with Gasteiger partial charge in [-0.1, -0.05) is 13.8 Å². The summed E-state index contributed by atoms with van der Waals surface area (Å²) in [5.74, 6) is -0.132. The SMILES string of the molecule is CC(C)(CCO)CNC(=O)c1c[nH]c2ccc(N)cc12. The van der Waals surface area contributed by atoms with Crippen LogP contribution in [0.3, 0.4) is 0 Å². The standard InChI is InChI=1S/C15H21N3O2/c1-15(2,5-6-19)9-18-14(20)12-8-17-13-4-3-10(16)7-11(12)13/h3-4,7-8,17,19H,5-6,9,16H2,1-2H3,(H,18,20). The molecule has 0 fully saturated rings. The van der Waals surface area contributed by atoms with Gasteiger partial charge in [-0.15, -0.1) is 0 Å². The molecule has 5 N–H and O–H groups in total. The summed E-state index contributed by atoms with van der Waals surface area (Å²) in [5, 5.41) is 12.7. The second kappa shape index (κ2) is 5.54. The molecule has 0 radical (unpaired) electrons. The number of aromatic nitrogens is 1. The van der Waals surface area contributed by atoms with Gasteiger partial charge in [0.25, 0.3) is 5.91 Å². The van der Waals surface area contributed by atoms with E-state index >= 15 is 0 Å². The van der Waals surface area contributed by atoms with Crippen molar-refractivity contribution in [1.29, 1.82) is 0 Å². The first-order chi connectivity index (χ1) is 9.43. The first kappa shape index (κ1) is 14.4. The van der Waals surface area contributed by atoms with Crippen molar-refractivity contribution < 1.29 is 9.90 Å². The van der Waals surface area contributed by atoms with Gasteiger partial charge in [0.15, 0.2) is 0 Å². The first-order valence-corrected chi connectivity index (χ1v) is 6.69. The highest BCUT2D eigenvalue weighted by molar-refractivity contribution is 6.07. The lowest BCUT2D eigenvalue weighted by Crippen LogP contribution is -2.34. The van der Waals surface area contributed by atoms with Gasteiger partial charge in [0.05, 0.1) is 5.56 Å². The molecule has 0 atom stereocenters. The smallest absolute Gasteiger partial charge is 0.253 e. The minimum atomic E-state index is -0.132. The lowest BCUT2D eigenvalue weighted by Gasteiger charge is -2.23. The molecule has 1 heterocycles. The molecule has 108 valence electrons. The Balaban J connectivity index is 2.14. The molecule has 5 heteroatoms. The predicted molar refractivity (Wildman–Crippen MR) is 80.5 cm³/mol. The van der Waals surface area contributed by atoms with Crippen LogP contribution in [0.5, 0.6) is 0 Å². The third-order valence-corrected chi connectivity index (χ3v) is 3.47. The van der Waals surface area contributed by atoms with Crippen LogP contribution in [0, 0.1) is 5.41 Å². The topological polar surface area (TPSA) is 91.1 Å². The number of aromatic amines is 1. The maximum Gasteiger partial charge on any atom is 0.253 e. The largest absolute Gasteiger partial charge is 0.399 e. The van der Waals surface area contributed by atoms with Crippen molar-refractivity contribution in [2.45, 2.75) is 20.3 Å². The Morgan fingerprint density at radius 2 is 2.20 bits per heavy atom. The van der Waals surface area contributed by atoms with Gasteiger partial charge < -0.3 is 21.1 Å². The fourth-order valence-corrected chi connectivity index (χ4v) is 2.13. The van der Waals surface area contributed by atoms with E-state index in [-0.39, 0.29) is 17.9 Å². The molecule has 0 saturated heterocycles. The predicted octanol–water partition coefficient (Wildman–Crippen LogP) is 1.89. The lowest BCUT2D eigenvalue weighted by atomic mass is 9.89. The molecule has 1 amide bonds. The summed E-state index contributed by atoms with van der Waals surface area (Å²) < 4.78 is 0. The Bertz CT molecular complexity index is 617. The van der Waals surface area contributed by atoms with E-state index < -0.39 is 0 Å². The van der Waals surface area contributed by atoms with Crippen LogP contribution in [0.4, 0.5) is 5.69 Å². The zero-order valence-corrected chi connectivity index (χ0v) is 11.9. The van der Waals surface area contributed by atoms with Crippen LogP contribution in [0.2, 0.25) is 0 Å². The van der Waals surface area contributed by atoms with Crippen molar-refractivity contribution in [3.63, 3.8) is 0 Å². The number of nitrogens with two attached hydrogens (primary N) is 1. The summed E-state index contributed by atoms with van der Waals surface area (Å²) in [6.07, 6.45) is 2.34. The van der Waals surface area contributed by atoms with Crippen molar-refractivity contribution in [3.05, 3.63) is 30.0 Å². The molecule has 20 heavy (non-hydrogen) atoms. The van der Waals surface area contributed by atoms with Gasteiger partial charge in [-0.3, -0.25) is 4.79 Å².